The molecule has 0 unspecified atom stereocenters. The molecule has 150 valence electrons. The minimum absolute atomic E-state index is 0.0427. The molecule has 0 spiro atoms. The van der Waals surface area contributed by atoms with Gasteiger partial charge in [0.15, 0.2) is 11.5 Å². The van der Waals surface area contributed by atoms with E-state index in [0.717, 1.165) is 21.4 Å². The zero-order chi connectivity index (χ0) is 21.2. The van der Waals surface area contributed by atoms with Crippen LogP contribution < -0.4 is 14.4 Å². The lowest BCUT2D eigenvalue weighted by molar-refractivity contribution is 0.173. The molecule has 1 aromatic rings. The van der Waals surface area contributed by atoms with Gasteiger partial charge >= 0.3 is 0 Å². The lowest BCUT2D eigenvalue weighted by Gasteiger charge is -2.26. The van der Waals surface area contributed by atoms with Gasteiger partial charge in [-0.15, -0.1) is 11.3 Å². The third kappa shape index (κ3) is 4.31. The number of hydrogen-bond donors (Lipinski definition) is 0. The number of nitriles is 1. The Kier molecular flexibility index (Phi) is 5.72. The molecular formula is C22H23N3O3S. The summed E-state index contributed by atoms with van der Waals surface area (Å²) in [4.78, 5) is 6.27. The Morgan fingerprint density at radius 1 is 1.21 bits per heavy atom. The molecule has 3 rings (SSSR count). The van der Waals surface area contributed by atoms with Gasteiger partial charge in [0.1, 0.15) is 29.7 Å². The van der Waals surface area contributed by atoms with Crippen molar-refractivity contribution in [2.24, 2.45) is 5.41 Å². The van der Waals surface area contributed by atoms with Crippen molar-refractivity contribution in [3.05, 3.63) is 57.3 Å². The smallest absolute Gasteiger partial charge is 0.269 e. The fourth-order valence-corrected chi connectivity index (χ4v) is 3.80. The van der Waals surface area contributed by atoms with Crippen LogP contribution in [0.5, 0.6) is 11.5 Å². The molecule has 6 nitrogen and oxygen atoms in total. The predicted octanol–water partition coefficient (Wildman–Crippen LogP) is 5.14. The Bertz CT molecular complexity index is 1010. The molecular weight excluding hydrogens is 386 g/mol. The van der Waals surface area contributed by atoms with E-state index in [2.05, 4.69) is 4.85 Å². The standard InChI is InChI=1S/C22H23N3O3S/c1-22(2,3)18-12-14(16(13-23)24-4)11-15(28-18)7-8-17-19-20(27-10-9-26-19)21(29-17)25(5)6/h7-8,11-12H,9-10H2,1-3,5-6H3. The molecule has 0 bridgehead atoms. The normalized spacial score (nSPS) is 17.6. The highest BCUT2D eigenvalue weighted by Gasteiger charge is 2.26. The van der Waals surface area contributed by atoms with Crippen molar-refractivity contribution in [1.29, 1.82) is 5.26 Å². The highest BCUT2D eigenvalue weighted by molar-refractivity contribution is 7.17. The monoisotopic (exact) mass is 409 g/mol. The molecule has 0 aliphatic carbocycles. The van der Waals surface area contributed by atoms with Crippen molar-refractivity contribution in [1.82, 2.24) is 0 Å². The van der Waals surface area contributed by atoms with Crippen LogP contribution in [-0.4, -0.2) is 27.3 Å². The Morgan fingerprint density at radius 2 is 1.90 bits per heavy atom. The first-order valence-corrected chi connectivity index (χ1v) is 9.97. The second kappa shape index (κ2) is 8.06. The molecule has 0 atom stereocenters. The van der Waals surface area contributed by atoms with Gasteiger partial charge in [-0.1, -0.05) is 20.8 Å². The van der Waals surface area contributed by atoms with Gasteiger partial charge in [0.25, 0.3) is 5.70 Å². The fraction of sp³-hybridized carbons (Fsp3) is 0.364. The number of ether oxygens (including phenoxy) is 3. The van der Waals surface area contributed by atoms with E-state index in [1.54, 1.807) is 23.5 Å². The summed E-state index contributed by atoms with van der Waals surface area (Å²) < 4.78 is 17.7. The van der Waals surface area contributed by atoms with E-state index < -0.39 is 0 Å². The molecule has 0 aromatic carbocycles. The van der Waals surface area contributed by atoms with E-state index in [1.807, 2.05) is 58.0 Å². The van der Waals surface area contributed by atoms with Crippen molar-refractivity contribution >= 4 is 22.4 Å². The molecule has 1 aromatic heterocycles. The summed E-state index contributed by atoms with van der Waals surface area (Å²) in [6.45, 7) is 14.4. The molecule has 0 saturated heterocycles. The van der Waals surface area contributed by atoms with Gasteiger partial charge in [-0.2, -0.15) is 0 Å². The zero-order valence-electron chi connectivity index (χ0n) is 17.2. The largest absolute Gasteiger partial charge is 0.485 e. The third-order valence-corrected chi connectivity index (χ3v) is 5.54. The number of nitrogens with zero attached hydrogens (tertiary/aromatic N) is 3. The Hall–Kier alpha value is -3.16. The van der Waals surface area contributed by atoms with Gasteiger partial charge in [0.05, 0.1) is 17.5 Å². The second-order valence-corrected chi connectivity index (χ2v) is 8.82. The highest BCUT2D eigenvalue weighted by Crippen LogP contribution is 2.49. The number of fused-ring (bicyclic) bond motifs is 1. The molecule has 7 heteroatoms. The van der Waals surface area contributed by atoms with Crippen LogP contribution >= 0.6 is 11.3 Å². The molecule has 0 N–H and O–H groups in total. The van der Waals surface area contributed by atoms with Crippen molar-refractivity contribution < 1.29 is 14.2 Å². The maximum atomic E-state index is 9.28. The Balaban J connectivity index is 2.00. The fourth-order valence-electron chi connectivity index (χ4n) is 2.78. The van der Waals surface area contributed by atoms with E-state index in [4.69, 9.17) is 20.8 Å². The second-order valence-electron chi connectivity index (χ2n) is 7.79. The number of allylic oxidation sites excluding steroid dienone is 6. The molecule has 0 amide bonds. The van der Waals surface area contributed by atoms with Crippen LogP contribution in [0.4, 0.5) is 5.00 Å². The highest BCUT2D eigenvalue weighted by atomic mass is 32.1. The molecule has 0 radical (unpaired) electrons. The van der Waals surface area contributed by atoms with Gasteiger partial charge < -0.3 is 19.1 Å². The van der Waals surface area contributed by atoms with Gasteiger partial charge in [0, 0.05) is 19.5 Å². The van der Waals surface area contributed by atoms with Gasteiger partial charge in [-0.25, -0.2) is 10.1 Å². The third-order valence-electron chi connectivity index (χ3n) is 4.25. The molecule has 2 aliphatic rings. The van der Waals surface area contributed by atoms with E-state index in [9.17, 15) is 5.26 Å². The number of hydrogen-bond acceptors (Lipinski definition) is 6. The topological polar surface area (TPSA) is 59.1 Å². The number of anilines is 1. The van der Waals surface area contributed by atoms with Crippen LogP contribution in [0.25, 0.3) is 10.9 Å². The lowest BCUT2D eigenvalue weighted by Crippen LogP contribution is -2.17. The summed E-state index contributed by atoms with van der Waals surface area (Å²) in [5, 5.41) is 10.3. The van der Waals surface area contributed by atoms with Crippen LogP contribution in [0.15, 0.2) is 41.0 Å². The van der Waals surface area contributed by atoms with Crippen LogP contribution in [0.1, 0.15) is 25.6 Å². The van der Waals surface area contributed by atoms with Crippen molar-refractivity contribution in [3.63, 3.8) is 0 Å². The maximum Gasteiger partial charge on any atom is 0.269 e. The summed E-state index contributed by atoms with van der Waals surface area (Å²) in [7, 11) is 3.94. The Morgan fingerprint density at radius 3 is 2.48 bits per heavy atom. The lowest BCUT2D eigenvalue weighted by atomic mass is 9.91. The van der Waals surface area contributed by atoms with Crippen LogP contribution in [0.2, 0.25) is 0 Å². The quantitative estimate of drug-likeness (QED) is 0.511. The van der Waals surface area contributed by atoms with E-state index in [0.29, 0.717) is 30.3 Å². The van der Waals surface area contributed by atoms with Crippen molar-refractivity contribution in [2.75, 3.05) is 32.2 Å². The van der Waals surface area contributed by atoms with Crippen LogP contribution in [-0.2, 0) is 4.74 Å². The molecule has 2 aliphatic heterocycles. The molecule has 3 heterocycles. The summed E-state index contributed by atoms with van der Waals surface area (Å²) >= 11 is 1.57. The summed E-state index contributed by atoms with van der Waals surface area (Å²) in [5.74, 6) is 2.76. The van der Waals surface area contributed by atoms with Gasteiger partial charge in [-0.3, -0.25) is 0 Å². The van der Waals surface area contributed by atoms with Crippen LogP contribution in [0.3, 0.4) is 0 Å². The summed E-state index contributed by atoms with van der Waals surface area (Å²) in [6, 6.07) is 1.96. The minimum Gasteiger partial charge on any atom is -0.485 e. The first-order chi connectivity index (χ1) is 13.7. The molecule has 0 fully saturated rings. The molecule has 0 saturated carbocycles. The average Bonchev–Trinajstić information content (AvgIpc) is 3.06. The average molecular weight is 410 g/mol. The Labute approximate surface area is 175 Å². The van der Waals surface area contributed by atoms with Gasteiger partial charge in [0.2, 0.25) is 0 Å². The molecule has 29 heavy (non-hydrogen) atoms. The van der Waals surface area contributed by atoms with Crippen LogP contribution in [0, 0.1) is 23.3 Å². The maximum absolute atomic E-state index is 9.28. The first kappa shape index (κ1) is 20.6. The minimum atomic E-state index is -0.266. The van der Waals surface area contributed by atoms with Crippen molar-refractivity contribution in [2.45, 2.75) is 20.8 Å². The number of thiophene rings is 1. The van der Waals surface area contributed by atoms with E-state index in [-0.39, 0.29) is 11.1 Å². The zero-order valence-corrected chi connectivity index (χ0v) is 18.0. The van der Waals surface area contributed by atoms with E-state index >= 15 is 0 Å². The SMILES string of the molecule is [C-]#[N+]C(C#N)=C1C=C(C=Cc2sc(N(C)C)c3c2OCCO3)OC(C(C)(C)C)=C1. The summed E-state index contributed by atoms with van der Waals surface area (Å²) in [5.41, 5.74) is 0.333. The first-order valence-electron chi connectivity index (χ1n) is 9.16. The summed E-state index contributed by atoms with van der Waals surface area (Å²) in [6.07, 6.45) is 7.24. The number of rotatable bonds is 3. The van der Waals surface area contributed by atoms with E-state index in [1.165, 1.54) is 0 Å². The van der Waals surface area contributed by atoms with Gasteiger partial charge in [-0.05, 0) is 29.9 Å². The predicted molar refractivity (Wildman–Crippen MR) is 115 cm³/mol. The van der Waals surface area contributed by atoms with Crippen molar-refractivity contribution in [3.8, 4) is 17.6 Å².